The van der Waals surface area contributed by atoms with Crippen LogP contribution < -0.4 is 5.32 Å². The van der Waals surface area contributed by atoms with Gasteiger partial charge in [-0.25, -0.2) is 4.98 Å². The highest BCUT2D eigenvalue weighted by atomic mass is 35.5. The molecular formula is C16H25ClN2. The molecule has 1 aliphatic rings. The summed E-state index contributed by atoms with van der Waals surface area (Å²) in [6, 6.07) is 2.61. The van der Waals surface area contributed by atoms with Gasteiger partial charge in [0.15, 0.2) is 5.15 Å². The first-order chi connectivity index (χ1) is 8.88. The zero-order valence-corrected chi connectivity index (χ0v) is 13.2. The fraction of sp³-hybridized carbons (Fsp3) is 0.688. The SMILES string of the molecule is Cc1cnc(Cl)c(NC2CCCCC2C(C)(C)C)c1. The molecule has 1 aliphatic carbocycles. The number of aromatic nitrogens is 1. The average molecular weight is 281 g/mol. The number of pyridine rings is 1. The highest BCUT2D eigenvalue weighted by Crippen LogP contribution is 2.39. The topological polar surface area (TPSA) is 24.9 Å². The summed E-state index contributed by atoms with van der Waals surface area (Å²) in [5, 5.41) is 4.24. The van der Waals surface area contributed by atoms with Crippen molar-refractivity contribution in [3.05, 3.63) is 23.0 Å². The van der Waals surface area contributed by atoms with E-state index in [0.29, 0.717) is 22.5 Å². The van der Waals surface area contributed by atoms with Gasteiger partial charge in [-0.3, -0.25) is 0 Å². The van der Waals surface area contributed by atoms with Crippen LogP contribution in [0.5, 0.6) is 0 Å². The fourth-order valence-electron chi connectivity index (χ4n) is 3.19. The Balaban J connectivity index is 2.17. The zero-order chi connectivity index (χ0) is 14.0. The predicted molar refractivity (Wildman–Crippen MR) is 82.8 cm³/mol. The van der Waals surface area contributed by atoms with Gasteiger partial charge in [0.1, 0.15) is 0 Å². The second-order valence-electron chi connectivity index (χ2n) is 6.86. The molecular weight excluding hydrogens is 256 g/mol. The van der Waals surface area contributed by atoms with E-state index in [1.54, 1.807) is 0 Å². The molecule has 0 aromatic carbocycles. The van der Waals surface area contributed by atoms with Gasteiger partial charge in [-0.2, -0.15) is 0 Å². The number of rotatable bonds is 2. The molecule has 2 unspecified atom stereocenters. The summed E-state index contributed by atoms with van der Waals surface area (Å²) >= 11 is 6.20. The van der Waals surface area contributed by atoms with Crippen molar-refractivity contribution < 1.29 is 0 Å². The lowest BCUT2D eigenvalue weighted by atomic mass is 9.69. The lowest BCUT2D eigenvalue weighted by Crippen LogP contribution is -2.39. The van der Waals surface area contributed by atoms with Crippen LogP contribution in [0.4, 0.5) is 5.69 Å². The van der Waals surface area contributed by atoms with Crippen molar-refractivity contribution >= 4 is 17.3 Å². The second kappa shape index (κ2) is 5.70. The Bertz CT molecular complexity index is 437. The van der Waals surface area contributed by atoms with E-state index >= 15 is 0 Å². The molecule has 0 saturated heterocycles. The minimum atomic E-state index is 0.335. The van der Waals surface area contributed by atoms with Crippen LogP contribution in [0.1, 0.15) is 52.0 Å². The largest absolute Gasteiger partial charge is 0.380 e. The van der Waals surface area contributed by atoms with E-state index in [-0.39, 0.29) is 0 Å². The third-order valence-electron chi connectivity index (χ3n) is 4.20. The van der Waals surface area contributed by atoms with Crippen molar-refractivity contribution in [1.29, 1.82) is 0 Å². The summed E-state index contributed by atoms with van der Waals surface area (Å²) in [7, 11) is 0. The van der Waals surface area contributed by atoms with Crippen LogP contribution in [-0.2, 0) is 0 Å². The molecule has 2 nitrogen and oxygen atoms in total. The third kappa shape index (κ3) is 3.62. The van der Waals surface area contributed by atoms with Crippen molar-refractivity contribution in [1.82, 2.24) is 4.98 Å². The molecule has 0 amide bonds. The van der Waals surface area contributed by atoms with E-state index in [9.17, 15) is 0 Å². The van der Waals surface area contributed by atoms with Gasteiger partial charge < -0.3 is 5.32 Å². The molecule has 106 valence electrons. The van der Waals surface area contributed by atoms with Crippen molar-refractivity contribution in [3.63, 3.8) is 0 Å². The Morgan fingerprint density at radius 3 is 2.63 bits per heavy atom. The van der Waals surface area contributed by atoms with Crippen molar-refractivity contribution in [2.45, 2.75) is 59.4 Å². The van der Waals surface area contributed by atoms with E-state index in [4.69, 9.17) is 11.6 Å². The summed E-state index contributed by atoms with van der Waals surface area (Å²) in [5.74, 6) is 0.692. The van der Waals surface area contributed by atoms with Gasteiger partial charge >= 0.3 is 0 Å². The molecule has 3 heteroatoms. The van der Waals surface area contributed by atoms with Crippen LogP contribution in [0.2, 0.25) is 5.15 Å². The van der Waals surface area contributed by atoms with Crippen LogP contribution in [0.15, 0.2) is 12.3 Å². The van der Waals surface area contributed by atoms with Gasteiger partial charge in [0.05, 0.1) is 5.69 Å². The molecule has 0 radical (unpaired) electrons. The summed E-state index contributed by atoms with van der Waals surface area (Å²) in [5.41, 5.74) is 2.47. The van der Waals surface area contributed by atoms with Gasteiger partial charge in [-0.1, -0.05) is 45.2 Å². The van der Waals surface area contributed by atoms with E-state index in [1.165, 1.54) is 25.7 Å². The smallest absolute Gasteiger partial charge is 0.152 e. The number of hydrogen-bond acceptors (Lipinski definition) is 2. The van der Waals surface area contributed by atoms with Gasteiger partial charge in [0.2, 0.25) is 0 Å². The van der Waals surface area contributed by atoms with Gasteiger partial charge in [-0.05, 0) is 42.7 Å². The second-order valence-corrected chi connectivity index (χ2v) is 7.22. The third-order valence-corrected chi connectivity index (χ3v) is 4.50. The van der Waals surface area contributed by atoms with E-state index < -0.39 is 0 Å². The normalized spacial score (nSPS) is 24.3. The highest BCUT2D eigenvalue weighted by Gasteiger charge is 2.34. The molecule has 1 aromatic rings. The molecule has 0 bridgehead atoms. The van der Waals surface area contributed by atoms with Crippen LogP contribution >= 0.6 is 11.6 Å². The quantitative estimate of drug-likeness (QED) is 0.766. The molecule has 1 N–H and O–H groups in total. The summed E-state index contributed by atoms with van der Waals surface area (Å²) in [6.07, 6.45) is 7.00. The molecule has 2 atom stereocenters. The molecule has 0 spiro atoms. The number of hydrogen-bond donors (Lipinski definition) is 1. The summed E-state index contributed by atoms with van der Waals surface area (Å²) < 4.78 is 0. The van der Waals surface area contributed by atoms with Crippen molar-refractivity contribution in [2.24, 2.45) is 11.3 Å². The van der Waals surface area contributed by atoms with Crippen LogP contribution in [0, 0.1) is 18.3 Å². The van der Waals surface area contributed by atoms with Gasteiger partial charge in [0.25, 0.3) is 0 Å². The first-order valence-corrected chi connectivity index (χ1v) is 7.64. The lowest BCUT2D eigenvalue weighted by molar-refractivity contribution is 0.163. The molecule has 19 heavy (non-hydrogen) atoms. The Labute approximate surface area is 122 Å². The number of aryl methyl sites for hydroxylation is 1. The van der Waals surface area contributed by atoms with Crippen LogP contribution in [-0.4, -0.2) is 11.0 Å². The zero-order valence-electron chi connectivity index (χ0n) is 12.5. The molecule has 0 aliphatic heterocycles. The standard InChI is InChI=1S/C16H25ClN2/c1-11-9-14(15(17)18-10-11)19-13-8-6-5-7-12(13)16(2,3)4/h9-10,12-13,19H,5-8H2,1-4H3. The monoisotopic (exact) mass is 280 g/mol. The van der Waals surface area contributed by atoms with E-state index in [0.717, 1.165) is 11.3 Å². The Morgan fingerprint density at radius 2 is 1.95 bits per heavy atom. The van der Waals surface area contributed by atoms with Crippen molar-refractivity contribution in [2.75, 3.05) is 5.32 Å². The Morgan fingerprint density at radius 1 is 1.26 bits per heavy atom. The first-order valence-electron chi connectivity index (χ1n) is 7.26. The lowest BCUT2D eigenvalue weighted by Gasteiger charge is -2.41. The van der Waals surface area contributed by atoms with E-state index in [1.807, 2.05) is 6.20 Å². The highest BCUT2D eigenvalue weighted by molar-refractivity contribution is 6.31. The Kier molecular flexibility index (Phi) is 4.39. The number of nitrogens with one attached hydrogen (secondary N) is 1. The fourth-order valence-corrected chi connectivity index (χ4v) is 3.35. The molecule has 1 aromatic heterocycles. The maximum Gasteiger partial charge on any atom is 0.152 e. The van der Waals surface area contributed by atoms with Crippen LogP contribution in [0.3, 0.4) is 0 Å². The van der Waals surface area contributed by atoms with Gasteiger partial charge in [-0.15, -0.1) is 0 Å². The number of nitrogens with zero attached hydrogens (tertiary/aromatic N) is 1. The predicted octanol–water partition coefficient (Wildman–Crippen LogP) is 5.06. The minimum absolute atomic E-state index is 0.335. The first kappa shape index (κ1) is 14.6. The summed E-state index contributed by atoms with van der Waals surface area (Å²) in [6.45, 7) is 9.08. The number of anilines is 1. The Hall–Kier alpha value is -0.760. The molecule has 1 heterocycles. The number of halogens is 1. The van der Waals surface area contributed by atoms with Gasteiger partial charge in [0, 0.05) is 12.2 Å². The maximum atomic E-state index is 6.20. The van der Waals surface area contributed by atoms with Crippen molar-refractivity contribution in [3.8, 4) is 0 Å². The maximum absolute atomic E-state index is 6.20. The molecule has 2 rings (SSSR count). The summed E-state index contributed by atoms with van der Waals surface area (Å²) in [4.78, 5) is 4.23. The van der Waals surface area contributed by atoms with Crippen LogP contribution in [0.25, 0.3) is 0 Å². The molecule has 1 fully saturated rings. The molecule has 1 saturated carbocycles. The average Bonchev–Trinajstić information content (AvgIpc) is 2.33. The minimum Gasteiger partial charge on any atom is -0.380 e. The van der Waals surface area contributed by atoms with E-state index in [2.05, 4.69) is 44.1 Å².